The lowest BCUT2D eigenvalue weighted by Crippen LogP contribution is -2.42. The summed E-state index contributed by atoms with van der Waals surface area (Å²) in [6.45, 7) is 7.66. The van der Waals surface area contributed by atoms with Crippen LogP contribution in [-0.4, -0.2) is 66.3 Å². The summed E-state index contributed by atoms with van der Waals surface area (Å²) in [7, 11) is 0. The molecule has 1 amide bonds. The topological polar surface area (TPSA) is 79.3 Å². The lowest BCUT2D eigenvalue weighted by molar-refractivity contribution is -0.141. The van der Waals surface area contributed by atoms with Crippen molar-refractivity contribution >= 4 is 11.9 Å². The highest BCUT2D eigenvalue weighted by Crippen LogP contribution is 2.33. The summed E-state index contributed by atoms with van der Waals surface area (Å²) in [4.78, 5) is 28.4. The van der Waals surface area contributed by atoms with E-state index in [4.69, 9.17) is 9.47 Å². The van der Waals surface area contributed by atoms with Crippen molar-refractivity contribution in [2.24, 2.45) is 11.8 Å². The van der Waals surface area contributed by atoms with Gasteiger partial charge in [0.05, 0.1) is 12.5 Å². The molecule has 2 aliphatic rings. The third kappa shape index (κ3) is 6.86. The molecule has 1 aromatic rings. The van der Waals surface area contributed by atoms with Gasteiger partial charge in [-0.25, -0.2) is 0 Å². The fourth-order valence-corrected chi connectivity index (χ4v) is 4.65. The number of carboxylic acids is 1. The minimum absolute atomic E-state index is 0.133. The molecule has 2 unspecified atom stereocenters. The van der Waals surface area contributed by atoms with E-state index >= 15 is 0 Å². The Labute approximate surface area is 191 Å². The lowest BCUT2D eigenvalue weighted by atomic mass is 9.94. The standard InChI is InChI=1S/C25H38N2O5/c1-3-5-12-27(24(28)17-26-13-11-21(16-26)25(29)30)15-20(6-4-2)8-7-19-9-10-22-23(14-19)32-18-31-22/h9-10,14,20-21H,3-8,11-13,15-18H2,1-2H3,(H,29,30). The predicted octanol–water partition coefficient (Wildman–Crippen LogP) is 3.80. The number of fused-ring (bicyclic) bond motifs is 1. The number of unbranched alkanes of at least 4 members (excludes halogenated alkanes) is 1. The van der Waals surface area contributed by atoms with Gasteiger partial charge in [-0.2, -0.15) is 0 Å². The number of benzene rings is 1. The van der Waals surface area contributed by atoms with Crippen LogP contribution in [0, 0.1) is 11.8 Å². The smallest absolute Gasteiger partial charge is 0.307 e. The molecule has 1 N–H and O–H groups in total. The van der Waals surface area contributed by atoms with E-state index in [1.54, 1.807) is 0 Å². The first kappa shape index (κ1) is 24.4. The third-order valence-corrected chi connectivity index (χ3v) is 6.57. The predicted molar refractivity (Wildman–Crippen MR) is 123 cm³/mol. The Morgan fingerprint density at radius 3 is 2.72 bits per heavy atom. The first-order valence-corrected chi connectivity index (χ1v) is 12.1. The number of hydrogen-bond acceptors (Lipinski definition) is 5. The van der Waals surface area contributed by atoms with Crippen molar-refractivity contribution in [2.75, 3.05) is 39.5 Å². The molecule has 0 spiro atoms. The summed E-state index contributed by atoms with van der Waals surface area (Å²) in [5.41, 5.74) is 1.23. The van der Waals surface area contributed by atoms with E-state index in [0.29, 0.717) is 32.0 Å². The third-order valence-electron chi connectivity index (χ3n) is 6.57. The van der Waals surface area contributed by atoms with Crippen LogP contribution in [0.3, 0.4) is 0 Å². The van der Waals surface area contributed by atoms with Crippen molar-refractivity contribution in [2.45, 2.75) is 58.8 Å². The molecule has 7 nitrogen and oxygen atoms in total. The molecule has 178 valence electrons. The van der Waals surface area contributed by atoms with Gasteiger partial charge in [0.2, 0.25) is 12.7 Å². The fourth-order valence-electron chi connectivity index (χ4n) is 4.65. The van der Waals surface area contributed by atoms with Crippen molar-refractivity contribution < 1.29 is 24.2 Å². The Morgan fingerprint density at radius 1 is 1.19 bits per heavy atom. The fraction of sp³-hybridized carbons (Fsp3) is 0.680. The summed E-state index contributed by atoms with van der Waals surface area (Å²) in [5.74, 6) is 1.10. The number of ether oxygens (including phenoxy) is 2. The first-order valence-electron chi connectivity index (χ1n) is 12.1. The molecule has 2 atom stereocenters. The number of aliphatic carboxylic acids is 1. The van der Waals surface area contributed by atoms with E-state index in [9.17, 15) is 14.7 Å². The summed E-state index contributed by atoms with van der Waals surface area (Å²) < 4.78 is 10.9. The number of carboxylic acid groups (broad SMARTS) is 1. The van der Waals surface area contributed by atoms with Crippen LogP contribution in [0.1, 0.15) is 57.9 Å². The molecular weight excluding hydrogens is 408 g/mol. The van der Waals surface area contributed by atoms with Crippen molar-refractivity contribution in [3.05, 3.63) is 23.8 Å². The van der Waals surface area contributed by atoms with Gasteiger partial charge < -0.3 is 19.5 Å². The molecule has 1 aromatic carbocycles. The molecule has 0 aliphatic carbocycles. The molecule has 0 radical (unpaired) electrons. The number of likely N-dealkylation sites (tertiary alicyclic amines) is 1. The second-order valence-corrected chi connectivity index (χ2v) is 9.13. The number of carbonyl (C=O) groups excluding carboxylic acids is 1. The highest BCUT2D eigenvalue weighted by molar-refractivity contribution is 5.78. The van der Waals surface area contributed by atoms with E-state index in [-0.39, 0.29) is 18.6 Å². The van der Waals surface area contributed by atoms with Gasteiger partial charge in [0, 0.05) is 19.6 Å². The van der Waals surface area contributed by atoms with Crippen molar-refractivity contribution in [3.8, 4) is 11.5 Å². The van der Waals surface area contributed by atoms with Gasteiger partial charge >= 0.3 is 5.97 Å². The lowest BCUT2D eigenvalue weighted by Gasteiger charge is -2.29. The monoisotopic (exact) mass is 446 g/mol. The molecule has 32 heavy (non-hydrogen) atoms. The number of carbonyl (C=O) groups is 2. The van der Waals surface area contributed by atoms with Crippen LogP contribution < -0.4 is 9.47 Å². The molecule has 0 aromatic heterocycles. The molecule has 0 bridgehead atoms. The Balaban J connectivity index is 1.56. The van der Waals surface area contributed by atoms with Gasteiger partial charge in [-0.3, -0.25) is 14.5 Å². The van der Waals surface area contributed by atoms with E-state index in [2.05, 4.69) is 26.0 Å². The SMILES string of the molecule is CCCCN(CC(CCC)CCc1ccc2c(c1)OCO2)C(=O)CN1CCC(C(=O)O)C1. The summed E-state index contributed by atoms with van der Waals surface area (Å²) in [6.07, 6.45) is 6.82. The van der Waals surface area contributed by atoms with Crippen LogP contribution in [0.15, 0.2) is 18.2 Å². The van der Waals surface area contributed by atoms with Gasteiger partial charge in [-0.1, -0.05) is 32.8 Å². The average molecular weight is 447 g/mol. The number of hydrogen-bond donors (Lipinski definition) is 1. The van der Waals surface area contributed by atoms with Gasteiger partial charge in [0.25, 0.3) is 0 Å². The maximum Gasteiger partial charge on any atom is 0.307 e. The van der Waals surface area contributed by atoms with Gasteiger partial charge in [0.1, 0.15) is 0 Å². The zero-order valence-corrected chi connectivity index (χ0v) is 19.6. The van der Waals surface area contributed by atoms with Crippen LogP contribution in [0.5, 0.6) is 11.5 Å². The average Bonchev–Trinajstić information content (AvgIpc) is 3.43. The van der Waals surface area contributed by atoms with E-state index in [1.807, 2.05) is 15.9 Å². The summed E-state index contributed by atoms with van der Waals surface area (Å²) in [5, 5.41) is 9.24. The van der Waals surface area contributed by atoms with Gasteiger partial charge in [-0.15, -0.1) is 0 Å². The molecule has 3 rings (SSSR count). The Morgan fingerprint density at radius 2 is 2.00 bits per heavy atom. The summed E-state index contributed by atoms with van der Waals surface area (Å²) >= 11 is 0. The van der Waals surface area contributed by atoms with E-state index < -0.39 is 5.97 Å². The molecule has 7 heteroatoms. The van der Waals surface area contributed by atoms with Crippen LogP contribution in [0.2, 0.25) is 0 Å². The van der Waals surface area contributed by atoms with Gasteiger partial charge in [-0.05, 0) is 62.3 Å². The minimum Gasteiger partial charge on any atom is -0.481 e. The van der Waals surface area contributed by atoms with Crippen molar-refractivity contribution in [1.82, 2.24) is 9.80 Å². The van der Waals surface area contributed by atoms with E-state index in [0.717, 1.165) is 63.1 Å². The highest BCUT2D eigenvalue weighted by Gasteiger charge is 2.30. The highest BCUT2D eigenvalue weighted by atomic mass is 16.7. The van der Waals surface area contributed by atoms with Crippen molar-refractivity contribution in [3.63, 3.8) is 0 Å². The zero-order chi connectivity index (χ0) is 22.9. The number of aryl methyl sites for hydroxylation is 1. The molecule has 2 aliphatic heterocycles. The maximum atomic E-state index is 13.1. The maximum absolute atomic E-state index is 13.1. The van der Waals surface area contributed by atoms with Crippen molar-refractivity contribution in [1.29, 1.82) is 0 Å². The minimum atomic E-state index is -0.755. The normalized spacial score (nSPS) is 18.6. The summed E-state index contributed by atoms with van der Waals surface area (Å²) in [6, 6.07) is 6.14. The Bertz CT molecular complexity index is 769. The first-order chi connectivity index (χ1) is 15.5. The van der Waals surface area contributed by atoms with Crippen LogP contribution in [0.25, 0.3) is 0 Å². The number of rotatable bonds is 13. The second-order valence-electron chi connectivity index (χ2n) is 9.13. The van der Waals surface area contributed by atoms with Crippen LogP contribution in [0.4, 0.5) is 0 Å². The molecule has 2 heterocycles. The van der Waals surface area contributed by atoms with Crippen LogP contribution in [-0.2, 0) is 16.0 Å². The molecule has 0 saturated carbocycles. The molecular formula is C25H38N2O5. The Kier molecular flexibility index (Phi) is 9.21. The van der Waals surface area contributed by atoms with E-state index in [1.165, 1.54) is 5.56 Å². The second kappa shape index (κ2) is 12.1. The number of nitrogens with zero attached hydrogens (tertiary/aromatic N) is 2. The molecule has 1 saturated heterocycles. The molecule has 1 fully saturated rings. The quantitative estimate of drug-likeness (QED) is 0.497. The number of amides is 1. The largest absolute Gasteiger partial charge is 0.481 e. The zero-order valence-electron chi connectivity index (χ0n) is 19.6. The van der Waals surface area contributed by atoms with Gasteiger partial charge in [0.15, 0.2) is 11.5 Å². The van der Waals surface area contributed by atoms with Crippen LogP contribution >= 0.6 is 0 Å². The Hall–Kier alpha value is -2.28.